The van der Waals surface area contributed by atoms with Gasteiger partial charge in [0.15, 0.2) is 0 Å². The third-order valence-corrected chi connectivity index (χ3v) is 5.08. The largest absolute Gasteiger partial charge is 0.573 e. The third-order valence-electron chi connectivity index (χ3n) is 5.08. The SMILES string of the molecule is O=C1CC(C(=O)Nc2ccc(OC(F)(F)F)cc2)c2c(nc(Nc3cccc(C(F)(F)F)c3)[nH]c2=O)N1. The van der Waals surface area contributed by atoms with Gasteiger partial charge < -0.3 is 20.7 Å². The van der Waals surface area contributed by atoms with E-state index in [1.807, 2.05) is 0 Å². The molecule has 0 bridgehead atoms. The maximum atomic E-state index is 13.0. The Bertz CT molecular complexity index is 1400. The lowest BCUT2D eigenvalue weighted by Crippen LogP contribution is -2.36. The second-order valence-electron chi connectivity index (χ2n) is 7.75. The molecule has 194 valence electrons. The van der Waals surface area contributed by atoms with E-state index in [1.165, 1.54) is 6.07 Å². The lowest BCUT2D eigenvalue weighted by atomic mass is 9.92. The molecule has 0 saturated carbocycles. The predicted octanol–water partition coefficient (Wildman–Crippen LogP) is 4.50. The van der Waals surface area contributed by atoms with Gasteiger partial charge in [-0.15, -0.1) is 13.2 Å². The number of carbonyl (C=O) groups excluding carboxylic acids is 2. The van der Waals surface area contributed by atoms with Crippen molar-refractivity contribution in [3.8, 4) is 5.75 Å². The average Bonchev–Trinajstić information content (AvgIpc) is 2.78. The number of ether oxygens (including phenoxy) is 1. The number of aromatic nitrogens is 2. The minimum atomic E-state index is -4.90. The maximum Gasteiger partial charge on any atom is 0.573 e. The summed E-state index contributed by atoms with van der Waals surface area (Å²) in [6.45, 7) is 0. The van der Waals surface area contributed by atoms with Crippen LogP contribution in [0.25, 0.3) is 0 Å². The van der Waals surface area contributed by atoms with Gasteiger partial charge in [0.05, 0.1) is 17.0 Å². The van der Waals surface area contributed by atoms with Crippen LogP contribution in [0.15, 0.2) is 53.3 Å². The van der Waals surface area contributed by atoms with Gasteiger partial charge in [0, 0.05) is 17.8 Å². The number of anilines is 4. The molecule has 1 aliphatic rings. The van der Waals surface area contributed by atoms with Crippen molar-refractivity contribution in [3.05, 3.63) is 70.0 Å². The number of aromatic amines is 1. The Morgan fingerprint density at radius 2 is 1.70 bits per heavy atom. The molecule has 4 N–H and O–H groups in total. The zero-order valence-corrected chi connectivity index (χ0v) is 18.3. The molecular weight excluding hydrogens is 512 g/mol. The van der Waals surface area contributed by atoms with Gasteiger partial charge in [-0.2, -0.15) is 18.2 Å². The van der Waals surface area contributed by atoms with Crippen molar-refractivity contribution in [3.63, 3.8) is 0 Å². The topological polar surface area (TPSA) is 125 Å². The van der Waals surface area contributed by atoms with E-state index in [0.717, 1.165) is 42.5 Å². The van der Waals surface area contributed by atoms with E-state index >= 15 is 0 Å². The van der Waals surface area contributed by atoms with Crippen molar-refractivity contribution in [2.24, 2.45) is 0 Å². The number of rotatable bonds is 5. The fourth-order valence-corrected chi connectivity index (χ4v) is 3.53. The first-order valence-electron chi connectivity index (χ1n) is 10.3. The molecule has 1 aliphatic heterocycles. The van der Waals surface area contributed by atoms with E-state index in [-0.39, 0.29) is 28.7 Å². The Balaban J connectivity index is 1.56. The summed E-state index contributed by atoms with van der Waals surface area (Å²) < 4.78 is 79.6. The van der Waals surface area contributed by atoms with Crippen LogP contribution >= 0.6 is 0 Å². The number of hydrogen-bond acceptors (Lipinski definition) is 6. The fourth-order valence-electron chi connectivity index (χ4n) is 3.53. The van der Waals surface area contributed by atoms with Crippen LogP contribution in [-0.4, -0.2) is 28.1 Å². The van der Waals surface area contributed by atoms with Crippen molar-refractivity contribution < 1.29 is 40.7 Å². The van der Waals surface area contributed by atoms with Crippen LogP contribution in [0.5, 0.6) is 5.75 Å². The average molecular weight is 527 g/mol. The van der Waals surface area contributed by atoms with E-state index in [1.54, 1.807) is 0 Å². The van der Waals surface area contributed by atoms with Crippen molar-refractivity contribution >= 4 is 35.0 Å². The van der Waals surface area contributed by atoms with Crippen LogP contribution in [0.1, 0.15) is 23.5 Å². The van der Waals surface area contributed by atoms with E-state index < -0.39 is 53.6 Å². The van der Waals surface area contributed by atoms with Crippen molar-refractivity contribution in [2.75, 3.05) is 16.0 Å². The Hall–Kier alpha value is -4.56. The Kier molecular flexibility index (Phi) is 6.54. The van der Waals surface area contributed by atoms with E-state index in [9.17, 15) is 40.7 Å². The van der Waals surface area contributed by atoms with E-state index in [4.69, 9.17) is 0 Å². The molecule has 0 radical (unpaired) electrons. The van der Waals surface area contributed by atoms with Gasteiger partial charge in [0.25, 0.3) is 5.56 Å². The molecule has 1 unspecified atom stereocenters. The molecule has 2 amide bonds. The molecule has 0 fully saturated rings. The van der Waals surface area contributed by atoms with Crippen molar-refractivity contribution in [1.29, 1.82) is 0 Å². The van der Waals surface area contributed by atoms with Gasteiger partial charge in [0.2, 0.25) is 17.8 Å². The summed E-state index contributed by atoms with van der Waals surface area (Å²) in [5, 5.41) is 7.27. The van der Waals surface area contributed by atoms with Crippen molar-refractivity contribution in [2.45, 2.75) is 24.9 Å². The standard InChI is InChI=1S/C22H15F6N5O4/c23-21(24,25)10-2-1-3-12(8-10)30-20-32-17-16(19(36)33-20)14(9-15(34)31-17)18(35)29-11-4-6-13(7-5-11)37-22(26,27)28/h1-8,14H,9H2,(H,29,35)(H3,30,31,32,33,34,36). The highest BCUT2D eigenvalue weighted by Gasteiger charge is 2.35. The van der Waals surface area contributed by atoms with Gasteiger partial charge in [-0.1, -0.05) is 6.07 Å². The van der Waals surface area contributed by atoms with Gasteiger partial charge in [-0.25, -0.2) is 0 Å². The van der Waals surface area contributed by atoms with Crippen LogP contribution in [0.2, 0.25) is 0 Å². The summed E-state index contributed by atoms with van der Waals surface area (Å²) in [5.74, 6) is -3.87. The first kappa shape index (κ1) is 25.5. The van der Waals surface area contributed by atoms with Gasteiger partial charge in [0.1, 0.15) is 11.6 Å². The van der Waals surface area contributed by atoms with Crippen molar-refractivity contribution in [1.82, 2.24) is 9.97 Å². The number of alkyl halides is 6. The second kappa shape index (κ2) is 9.48. The minimum absolute atomic E-state index is 0.0488. The molecule has 3 aromatic rings. The number of halogens is 6. The summed E-state index contributed by atoms with van der Waals surface area (Å²) in [6.07, 6.45) is -9.93. The molecule has 0 spiro atoms. The fraction of sp³-hybridized carbons (Fsp3) is 0.182. The zero-order chi connectivity index (χ0) is 27.0. The summed E-state index contributed by atoms with van der Waals surface area (Å²) in [4.78, 5) is 44.2. The second-order valence-corrected chi connectivity index (χ2v) is 7.75. The molecule has 37 heavy (non-hydrogen) atoms. The highest BCUT2D eigenvalue weighted by atomic mass is 19.4. The third kappa shape index (κ3) is 6.17. The smallest absolute Gasteiger partial charge is 0.406 e. The normalized spacial score (nSPS) is 15.4. The van der Waals surface area contributed by atoms with Crippen LogP contribution < -0.4 is 26.2 Å². The first-order valence-corrected chi connectivity index (χ1v) is 10.3. The molecular formula is C22H15F6N5O4. The maximum absolute atomic E-state index is 13.0. The number of carbonyl (C=O) groups is 2. The molecule has 1 aromatic heterocycles. The number of H-pyrrole nitrogens is 1. The number of nitrogens with zero attached hydrogens (tertiary/aromatic N) is 1. The zero-order valence-electron chi connectivity index (χ0n) is 18.3. The molecule has 1 atom stereocenters. The summed E-state index contributed by atoms with van der Waals surface area (Å²) in [5.41, 5.74) is -1.97. The van der Waals surface area contributed by atoms with Crippen LogP contribution in [0, 0.1) is 0 Å². The Labute approximate surface area is 202 Å². The molecule has 0 aliphatic carbocycles. The quantitative estimate of drug-likeness (QED) is 0.363. The van der Waals surface area contributed by atoms with Gasteiger partial charge in [-0.05, 0) is 42.5 Å². The number of benzene rings is 2. The summed E-state index contributed by atoms with van der Waals surface area (Å²) >= 11 is 0. The highest BCUT2D eigenvalue weighted by Crippen LogP contribution is 2.33. The number of amides is 2. The minimum Gasteiger partial charge on any atom is -0.406 e. The molecule has 2 heterocycles. The number of hydrogen-bond donors (Lipinski definition) is 4. The van der Waals surface area contributed by atoms with Crippen LogP contribution in [0.4, 0.5) is 49.5 Å². The molecule has 2 aromatic carbocycles. The molecule has 15 heteroatoms. The number of fused-ring (bicyclic) bond motifs is 1. The van der Waals surface area contributed by atoms with Crippen LogP contribution in [0.3, 0.4) is 0 Å². The number of nitrogens with one attached hydrogen (secondary N) is 4. The summed E-state index contributed by atoms with van der Waals surface area (Å²) in [6, 6.07) is 8.28. The molecule has 9 nitrogen and oxygen atoms in total. The monoisotopic (exact) mass is 527 g/mol. The molecule has 4 rings (SSSR count). The van der Waals surface area contributed by atoms with E-state index in [0.29, 0.717) is 0 Å². The van der Waals surface area contributed by atoms with Crippen LogP contribution in [-0.2, 0) is 15.8 Å². The van der Waals surface area contributed by atoms with E-state index in [2.05, 4.69) is 30.7 Å². The Morgan fingerprint density at radius 3 is 2.35 bits per heavy atom. The van der Waals surface area contributed by atoms with Gasteiger partial charge >= 0.3 is 12.5 Å². The molecule has 0 saturated heterocycles. The lowest BCUT2D eigenvalue weighted by molar-refractivity contribution is -0.274. The highest BCUT2D eigenvalue weighted by molar-refractivity contribution is 6.04. The Morgan fingerprint density at radius 1 is 1.00 bits per heavy atom. The first-order chi connectivity index (χ1) is 17.3. The predicted molar refractivity (Wildman–Crippen MR) is 117 cm³/mol. The lowest BCUT2D eigenvalue weighted by Gasteiger charge is -2.23. The van der Waals surface area contributed by atoms with Gasteiger partial charge in [-0.3, -0.25) is 19.4 Å². The summed E-state index contributed by atoms with van der Waals surface area (Å²) in [7, 11) is 0.